The van der Waals surface area contributed by atoms with Gasteiger partial charge in [-0.3, -0.25) is 4.79 Å². The van der Waals surface area contributed by atoms with Crippen molar-refractivity contribution in [1.29, 1.82) is 0 Å². The van der Waals surface area contributed by atoms with Crippen LogP contribution in [-0.4, -0.2) is 17.5 Å². The maximum absolute atomic E-state index is 10.8. The summed E-state index contributed by atoms with van der Waals surface area (Å²) in [4.78, 5) is 10.8. The second-order valence-corrected chi connectivity index (χ2v) is 6.30. The molecule has 2 rings (SSSR count). The van der Waals surface area contributed by atoms with Crippen molar-refractivity contribution in [2.75, 3.05) is 6.61 Å². The average Bonchev–Trinajstić information content (AvgIpc) is 3.09. The maximum Gasteiger partial charge on any atom is 0.188 e. The van der Waals surface area contributed by atoms with E-state index in [2.05, 4.69) is 6.92 Å². The van der Waals surface area contributed by atoms with E-state index in [0.717, 1.165) is 5.92 Å². The Balaban J connectivity index is 0.000000224. The summed E-state index contributed by atoms with van der Waals surface area (Å²) in [5, 5.41) is 8.44. The minimum atomic E-state index is -0.413. The Hall–Kier alpha value is -1.15. The molecule has 0 heterocycles. The molecule has 1 N–H and O–H groups in total. The van der Waals surface area contributed by atoms with Gasteiger partial charge >= 0.3 is 0 Å². The molecule has 0 spiro atoms. The fraction of sp³-hybridized carbons (Fsp3) is 0.650. The Bertz CT molecular complexity index is 380. The largest absolute Gasteiger partial charge is 0.388 e. The summed E-state index contributed by atoms with van der Waals surface area (Å²) in [5.41, 5.74) is 0.560. The molecule has 124 valence electrons. The highest BCUT2D eigenvalue weighted by Crippen LogP contribution is 2.29. The summed E-state index contributed by atoms with van der Waals surface area (Å²) in [6.45, 7) is 1.88. The summed E-state index contributed by atoms with van der Waals surface area (Å²) in [7, 11) is 0. The molecule has 2 heteroatoms. The van der Waals surface area contributed by atoms with E-state index in [4.69, 9.17) is 5.11 Å². The molecule has 0 bridgehead atoms. The van der Waals surface area contributed by atoms with E-state index >= 15 is 0 Å². The molecular weight excluding hydrogens is 272 g/mol. The van der Waals surface area contributed by atoms with Gasteiger partial charge in [-0.1, -0.05) is 101 Å². The Kier molecular flexibility index (Phi) is 10.7. The molecule has 0 radical (unpaired) electrons. The van der Waals surface area contributed by atoms with E-state index in [0.29, 0.717) is 5.56 Å². The molecule has 22 heavy (non-hydrogen) atoms. The van der Waals surface area contributed by atoms with Gasteiger partial charge in [-0.05, 0) is 5.92 Å². The molecule has 1 aliphatic carbocycles. The first kappa shape index (κ1) is 18.9. The first-order chi connectivity index (χ1) is 10.8. The van der Waals surface area contributed by atoms with Gasteiger partial charge in [0.05, 0.1) is 0 Å². The van der Waals surface area contributed by atoms with Gasteiger partial charge in [0.25, 0.3) is 0 Å². The topological polar surface area (TPSA) is 37.3 Å². The van der Waals surface area contributed by atoms with E-state index in [-0.39, 0.29) is 5.78 Å². The standard InChI is InChI=1S/C12H24.C8H8O2/c1-2-3-4-5-6-9-12-10-7-8-11-12;9-6-8(10)7-4-2-1-3-5-7/h12H,2-11H2,1H3;1-5,9H,6H2. The van der Waals surface area contributed by atoms with Crippen LogP contribution >= 0.6 is 0 Å². The number of aliphatic hydroxyl groups excluding tert-OH is 1. The van der Waals surface area contributed by atoms with Crippen LogP contribution in [-0.2, 0) is 0 Å². The molecule has 1 fully saturated rings. The van der Waals surface area contributed by atoms with Crippen LogP contribution in [0.15, 0.2) is 30.3 Å². The third-order valence-electron chi connectivity index (χ3n) is 4.43. The van der Waals surface area contributed by atoms with Crippen LogP contribution in [0.5, 0.6) is 0 Å². The Morgan fingerprint density at radius 2 is 1.68 bits per heavy atom. The molecular formula is C20H32O2. The van der Waals surface area contributed by atoms with Gasteiger partial charge in [-0.15, -0.1) is 0 Å². The molecule has 0 saturated heterocycles. The highest BCUT2D eigenvalue weighted by Gasteiger charge is 2.13. The van der Waals surface area contributed by atoms with Gasteiger partial charge in [0.1, 0.15) is 6.61 Å². The molecule has 1 saturated carbocycles. The second-order valence-electron chi connectivity index (χ2n) is 6.30. The fourth-order valence-corrected chi connectivity index (χ4v) is 3.05. The molecule has 1 aromatic rings. The summed E-state index contributed by atoms with van der Waals surface area (Å²) >= 11 is 0. The van der Waals surface area contributed by atoms with Crippen molar-refractivity contribution in [3.63, 3.8) is 0 Å². The van der Waals surface area contributed by atoms with Crippen LogP contribution in [0.4, 0.5) is 0 Å². The minimum absolute atomic E-state index is 0.236. The van der Waals surface area contributed by atoms with Crippen LogP contribution in [0.3, 0.4) is 0 Å². The number of ketones is 1. The molecule has 0 unspecified atom stereocenters. The van der Waals surface area contributed by atoms with Crippen molar-refractivity contribution >= 4 is 5.78 Å². The smallest absolute Gasteiger partial charge is 0.188 e. The van der Waals surface area contributed by atoms with E-state index in [1.165, 1.54) is 64.2 Å². The monoisotopic (exact) mass is 304 g/mol. The lowest BCUT2D eigenvalue weighted by Crippen LogP contribution is -2.02. The van der Waals surface area contributed by atoms with E-state index in [1.54, 1.807) is 24.3 Å². The summed E-state index contributed by atoms with van der Waals surface area (Å²) in [5.74, 6) is 0.882. The average molecular weight is 304 g/mol. The van der Waals surface area contributed by atoms with Gasteiger partial charge in [-0.2, -0.15) is 0 Å². The van der Waals surface area contributed by atoms with Crippen molar-refractivity contribution in [2.24, 2.45) is 5.92 Å². The van der Waals surface area contributed by atoms with Crippen LogP contribution in [0.2, 0.25) is 0 Å². The number of carbonyl (C=O) groups excluding carboxylic acids is 1. The highest BCUT2D eigenvalue weighted by atomic mass is 16.3. The number of aliphatic hydroxyl groups is 1. The molecule has 1 aromatic carbocycles. The summed E-state index contributed by atoms with van der Waals surface area (Å²) < 4.78 is 0. The minimum Gasteiger partial charge on any atom is -0.388 e. The van der Waals surface area contributed by atoms with Gasteiger partial charge in [0.15, 0.2) is 5.78 Å². The van der Waals surface area contributed by atoms with E-state index in [1.807, 2.05) is 6.07 Å². The normalized spacial score (nSPS) is 14.5. The molecule has 0 atom stereocenters. The third-order valence-corrected chi connectivity index (χ3v) is 4.43. The van der Waals surface area contributed by atoms with E-state index < -0.39 is 6.61 Å². The molecule has 0 aliphatic heterocycles. The zero-order valence-electron chi connectivity index (χ0n) is 14.1. The maximum atomic E-state index is 10.8. The number of benzene rings is 1. The lowest BCUT2D eigenvalue weighted by molar-refractivity contribution is 0.0904. The van der Waals surface area contributed by atoms with Crippen LogP contribution < -0.4 is 0 Å². The van der Waals surface area contributed by atoms with Crippen LogP contribution in [0.25, 0.3) is 0 Å². The van der Waals surface area contributed by atoms with E-state index in [9.17, 15) is 4.79 Å². The quantitative estimate of drug-likeness (QED) is 0.516. The van der Waals surface area contributed by atoms with Crippen molar-refractivity contribution in [3.8, 4) is 0 Å². The van der Waals surface area contributed by atoms with Crippen molar-refractivity contribution in [1.82, 2.24) is 0 Å². The zero-order chi connectivity index (χ0) is 16.0. The molecule has 2 nitrogen and oxygen atoms in total. The number of unbranched alkanes of at least 4 members (excludes halogenated alkanes) is 4. The van der Waals surface area contributed by atoms with Crippen molar-refractivity contribution < 1.29 is 9.90 Å². The lowest BCUT2D eigenvalue weighted by atomic mass is 9.99. The number of hydrogen-bond acceptors (Lipinski definition) is 2. The number of rotatable bonds is 8. The first-order valence-electron chi connectivity index (χ1n) is 8.97. The summed E-state index contributed by atoms with van der Waals surface area (Å²) in [6, 6.07) is 8.72. The SMILES string of the molecule is CCCCCCCC1CCCC1.O=C(CO)c1ccccc1. The third kappa shape index (κ3) is 8.33. The van der Waals surface area contributed by atoms with Gasteiger partial charge in [0, 0.05) is 5.56 Å². The number of carbonyl (C=O) groups is 1. The number of Topliss-reactive ketones (excluding diaryl/α,β-unsaturated/α-hetero) is 1. The fourth-order valence-electron chi connectivity index (χ4n) is 3.05. The van der Waals surface area contributed by atoms with Crippen molar-refractivity contribution in [2.45, 2.75) is 71.1 Å². The highest BCUT2D eigenvalue weighted by molar-refractivity contribution is 5.96. The Morgan fingerprint density at radius 3 is 2.27 bits per heavy atom. The Labute approximate surface area is 135 Å². The lowest BCUT2D eigenvalue weighted by Gasteiger charge is -2.07. The molecule has 1 aliphatic rings. The molecule has 0 aromatic heterocycles. The van der Waals surface area contributed by atoms with Crippen LogP contribution in [0.1, 0.15) is 81.5 Å². The Morgan fingerprint density at radius 1 is 1.05 bits per heavy atom. The van der Waals surface area contributed by atoms with Gasteiger partial charge in [-0.25, -0.2) is 0 Å². The van der Waals surface area contributed by atoms with Gasteiger partial charge < -0.3 is 5.11 Å². The van der Waals surface area contributed by atoms with Crippen molar-refractivity contribution in [3.05, 3.63) is 35.9 Å². The van der Waals surface area contributed by atoms with Crippen LogP contribution in [0, 0.1) is 5.92 Å². The summed E-state index contributed by atoms with van der Waals surface area (Å²) in [6.07, 6.45) is 14.9. The number of hydrogen-bond donors (Lipinski definition) is 1. The predicted octanol–water partition coefficient (Wildman–Crippen LogP) is 5.40. The molecule has 0 amide bonds. The second kappa shape index (κ2) is 12.4. The first-order valence-corrected chi connectivity index (χ1v) is 8.97. The zero-order valence-corrected chi connectivity index (χ0v) is 14.1. The van der Waals surface area contributed by atoms with Gasteiger partial charge in [0.2, 0.25) is 0 Å². The predicted molar refractivity (Wildman–Crippen MR) is 93.2 cm³/mol.